The summed E-state index contributed by atoms with van der Waals surface area (Å²) in [6, 6.07) is 4.25. The zero-order valence-electron chi connectivity index (χ0n) is 9.40. The van der Waals surface area contributed by atoms with Gasteiger partial charge in [0, 0.05) is 11.5 Å². The smallest absolute Gasteiger partial charge is 0.0814 e. The Balaban J connectivity index is 2.69. The molecule has 3 N–H and O–H groups in total. The molecular formula is C11H20N2OS. The minimum atomic E-state index is 0.116. The Labute approximate surface area is 95.6 Å². The maximum Gasteiger partial charge on any atom is 0.0814 e. The van der Waals surface area contributed by atoms with Gasteiger partial charge in [-0.2, -0.15) is 0 Å². The van der Waals surface area contributed by atoms with Crippen molar-refractivity contribution in [3.05, 3.63) is 22.4 Å². The summed E-state index contributed by atoms with van der Waals surface area (Å²) in [6.45, 7) is 4.91. The quantitative estimate of drug-likeness (QED) is 0.556. The number of hydrogen-bond donors (Lipinski definition) is 2. The molecule has 0 aromatic carbocycles. The summed E-state index contributed by atoms with van der Waals surface area (Å²) in [5.41, 5.74) is 2.86. The Hall–Kier alpha value is -0.420. The van der Waals surface area contributed by atoms with Gasteiger partial charge in [0.25, 0.3) is 0 Å². The SMILES string of the molecule is CCCC(OCC)C(NN)c1cccs1. The van der Waals surface area contributed by atoms with Gasteiger partial charge in [-0.1, -0.05) is 19.4 Å². The molecule has 3 nitrogen and oxygen atoms in total. The van der Waals surface area contributed by atoms with Crippen molar-refractivity contribution in [3.63, 3.8) is 0 Å². The van der Waals surface area contributed by atoms with E-state index >= 15 is 0 Å². The summed E-state index contributed by atoms with van der Waals surface area (Å²) in [4.78, 5) is 1.24. The minimum absolute atomic E-state index is 0.116. The van der Waals surface area contributed by atoms with Crippen molar-refractivity contribution in [2.45, 2.75) is 38.8 Å². The van der Waals surface area contributed by atoms with Crippen LogP contribution >= 0.6 is 11.3 Å². The molecule has 0 fully saturated rings. The lowest BCUT2D eigenvalue weighted by molar-refractivity contribution is 0.0285. The van der Waals surface area contributed by atoms with Crippen LogP contribution in [0.5, 0.6) is 0 Å². The zero-order valence-corrected chi connectivity index (χ0v) is 10.2. The Morgan fingerprint density at radius 3 is 2.80 bits per heavy atom. The van der Waals surface area contributed by atoms with E-state index in [1.165, 1.54) is 4.88 Å². The summed E-state index contributed by atoms with van der Waals surface area (Å²) in [5, 5.41) is 2.06. The van der Waals surface area contributed by atoms with Gasteiger partial charge in [0.05, 0.1) is 12.1 Å². The largest absolute Gasteiger partial charge is 0.376 e. The molecule has 4 heteroatoms. The van der Waals surface area contributed by atoms with E-state index in [1.54, 1.807) is 11.3 Å². The number of nitrogens with two attached hydrogens (primary N) is 1. The van der Waals surface area contributed by atoms with Gasteiger partial charge in [-0.25, -0.2) is 5.43 Å². The highest BCUT2D eigenvalue weighted by atomic mass is 32.1. The molecule has 0 saturated heterocycles. The lowest BCUT2D eigenvalue weighted by Crippen LogP contribution is -2.37. The van der Waals surface area contributed by atoms with Crippen LogP contribution in [0.2, 0.25) is 0 Å². The average Bonchev–Trinajstić information content (AvgIpc) is 2.73. The maximum absolute atomic E-state index is 5.72. The van der Waals surface area contributed by atoms with Gasteiger partial charge < -0.3 is 4.74 Å². The summed E-state index contributed by atoms with van der Waals surface area (Å²) in [7, 11) is 0. The average molecular weight is 228 g/mol. The van der Waals surface area contributed by atoms with E-state index < -0.39 is 0 Å². The van der Waals surface area contributed by atoms with E-state index in [9.17, 15) is 0 Å². The summed E-state index contributed by atoms with van der Waals surface area (Å²) < 4.78 is 5.72. The third kappa shape index (κ3) is 3.57. The highest BCUT2D eigenvalue weighted by Gasteiger charge is 2.22. The van der Waals surface area contributed by atoms with Crippen molar-refractivity contribution in [1.29, 1.82) is 0 Å². The van der Waals surface area contributed by atoms with Crippen LogP contribution in [0.1, 0.15) is 37.6 Å². The van der Waals surface area contributed by atoms with Gasteiger partial charge in [0.2, 0.25) is 0 Å². The lowest BCUT2D eigenvalue weighted by atomic mass is 10.1. The standard InChI is InChI=1S/C11H20N2OS/c1-3-6-9(14-4-2)11(13-12)10-7-5-8-15-10/h5,7-9,11,13H,3-4,6,12H2,1-2H3. The Bertz CT molecular complexity index is 245. The van der Waals surface area contributed by atoms with Crippen LogP contribution < -0.4 is 11.3 Å². The second kappa shape index (κ2) is 6.95. The minimum Gasteiger partial charge on any atom is -0.376 e. The molecule has 15 heavy (non-hydrogen) atoms. The van der Waals surface area contributed by atoms with E-state index in [-0.39, 0.29) is 12.1 Å². The summed E-state index contributed by atoms with van der Waals surface area (Å²) in [6.07, 6.45) is 2.30. The van der Waals surface area contributed by atoms with Gasteiger partial charge in [0.1, 0.15) is 0 Å². The van der Waals surface area contributed by atoms with Crippen LogP contribution in [-0.4, -0.2) is 12.7 Å². The fourth-order valence-electron chi connectivity index (χ4n) is 1.69. The number of nitrogens with one attached hydrogen (secondary N) is 1. The topological polar surface area (TPSA) is 47.3 Å². The normalized spacial score (nSPS) is 15.1. The predicted octanol–water partition coefficient (Wildman–Crippen LogP) is 2.46. The molecule has 0 aliphatic rings. The Morgan fingerprint density at radius 2 is 2.33 bits per heavy atom. The van der Waals surface area contributed by atoms with E-state index in [1.807, 2.05) is 13.0 Å². The van der Waals surface area contributed by atoms with E-state index in [0.717, 1.165) is 19.4 Å². The van der Waals surface area contributed by atoms with Crippen molar-refractivity contribution in [1.82, 2.24) is 5.43 Å². The Kier molecular flexibility index (Phi) is 5.86. The molecule has 0 bridgehead atoms. The fourth-order valence-corrected chi connectivity index (χ4v) is 2.52. The lowest BCUT2D eigenvalue weighted by Gasteiger charge is -2.25. The molecule has 0 spiro atoms. The first-order valence-corrected chi connectivity index (χ1v) is 6.32. The molecule has 86 valence electrons. The second-order valence-electron chi connectivity index (χ2n) is 3.44. The van der Waals surface area contributed by atoms with Gasteiger partial charge in [-0.05, 0) is 24.8 Å². The molecular weight excluding hydrogens is 208 g/mol. The molecule has 0 aliphatic heterocycles. The maximum atomic E-state index is 5.72. The molecule has 0 radical (unpaired) electrons. The molecule has 1 aromatic heterocycles. The number of hydrogen-bond acceptors (Lipinski definition) is 4. The first-order valence-electron chi connectivity index (χ1n) is 5.44. The number of ether oxygens (including phenoxy) is 1. The number of thiophene rings is 1. The predicted molar refractivity (Wildman–Crippen MR) is 64.7 cm³/mol. The van der Waals surface area contributed by atoms with Crippen molar-refractivity contribution >= 4 is 11.3 Å². The van der Waals surface area contributed by atoms with Gasteiger partial charge in [-0.3, -0.25) is 5.84 Å². The van der Waals surface area contributed by atoms with Crippen LogP contribution in [-0.2, 0) is 4.74 Å². The van der Waals surface area contributed by atoms with Crippen LogP contribution in [0.25, 0.3) is 0 Å². The first-order chi connectivity index (χ1) is 7.33. The van der Waals surface area contributed by atoms with E-state index in [4.69, 9.17) is 10.6 Å². The molecule has 1 rings (SSSR count). The van der Waals surface area contributed by atoms with Crippen molar-refractivity contribution < 1.29 is 4.74 Å². The van der Waals surface area contributed by atoms with Crippen LogP contribution in [0.4, 0.5) is 0 Å². The third-order valence-electron chi connectivity index (χ3n) is 2.35. The molecule has 0 saturated carbocycles. The number of rotatable bonds is 7. The second-order valence-corrected chi connectivity index (χ2v) is 4.42. The molecule has 2 unspecified atom stereocenters. The van der Waals surface area contributed by atoms with Gasteiger partial charge in [-0.15, -0.1) is 11.3 Å². The summed E-state index contributed by atoms with van der Waals surface area (Å²) in [5.74, 6) is 5.60. The van der Waals surface area contributed by atoms with Crippen LogP contribution in [0.15, 0.2) is 17.5 Å². The van der Waals surface area contributed by atoms with Crippen LogP contribution in [0.3, 0.4) is 0 Å². The molecule has 0 aliphatic carbocycles. The molecule has 1 heterocycles. The highest BCUT2D eigenvalue weighted by molar-refractivity contribution is 7.10. The first kappa shape index (κ1) is 12.6. The Morgan fingerprint density at radius 1 is 1.53 bits per heavy atom. The van der Waals surface area contributed by atoms with Gasteiger partial charge in [0.15, 0.2) is 0 Å². The molecule has 0 amide bonds. The third-order valence-corrected chi connectivity index (χ3v) is 3.31. The molecule has 2 atom stereocenters. The van der Waals surface area contributed by atoms with Crippen molar-refractivity contribution in [2.75, 3.05) is 6.61 Å². The van der Waals surface area contributed by atoms with Crippen molar-refractivity contribution in [3.8, 4) is 0 Å². The van der Waals surface area contributed by atoms with E-state index in [0.29, 0.717) is 0 Å². The fraction of sp³-hybridized carbons (Fsp3) is 0.636. The van der Waals surface area contributed by atoms with Crippen molar-refractivity contribution in [2.24, 2.45) is 5.84 Å². The number of hydrazine groups is 1. The monoisotopic (exact) mass is 228 g/mol. The zero-order chi connectivity index (χ0) is 11.1. The van der Waals surface area contributed by atoms with Gasteiger partial charge >= 0.3 is 0 Å². The van der Waals surface area contributed by atoms with E-state index in [2.05, 4.69) is 23.8 Å². The molecule has 1 aromatic rings. The van der Waals surface area contributed by atoms with Crippen LogP contribution in [0, 0.1) is 0 Å². The summed E-state index contributed by atoms with van der Waals surface area (Å²) >= 11 is 1.71. The highest BCUT2D eigenvalue weighted by Crippen LogP contribution is 2.25.